The Morgan fingerprint density at radius 1 is 1.35 bits per heavy atom. The van der Waals surface area contributed by atoms with Gasteiger partial charge in [-0.25, -0.2) is 4.79 Å². The average Bonchev–Trinajstić information content (AvgIpc) is 2.91. The smallest absolute Gasteiger partial charge is 0.410 e. The Hall–Kier alpha value is -1.79. The minimum atomic E-state index is -0.557. The van der Waals surface area contributed by atoms with Crippen LogP contribution in [0.2, 0.25) is 0 Å². The number of carbonyl (C=O) groups is 3. The number of carbonyl (C=O) groups excluding carboxylic acids is 3. The Kier molecular flexibility index (Phi) is 7.32. The molecule has 23 heavy (non-hydrogen) atoms. The van der Waals surface area contributed by atoms with Crippen LogP contribution in [-0.4, -0.2) is 54.3 Å². The highest BCUT2D eigenvalue weighted by Gasteiger charge is 2.34. The second-order valence-corrected chi connectivity index (χ2v) is 6.60. The molecule has 2 atom stereocenters. The second-order valence-electron chi connectivity index (χ2n) is 6.60. The number of hydrogen-bond donors (Lipinski definition) is 0. The first kappa shape index (κ1) is 19.3. The summed E-state index contributed by atoms with van der Waals surface area (Å²) in [5.74, 6) is -0.355. The zero-order valence-corrected chi connectivity index (χ0v) is 14.4. The van der Waals surface area contributed by atoms with Gasteiger partial charge in [0.05, 0.1) is 0 Å². The Morgan fingerprint density at radius 2 is 2.04 bits per heavy atom. The van der Waals surface area contributed by atoms with Gasteiger partial charge in [0.25, 0.3) is 6.47 Å². The Morgan fingerprint density at radius 3 is 2.61 bits per heavy atom. The first-order valence-corrected chi connectivity index (χ1v) is 8.01. The monoisotopic (exact) mass is 329 g/mol. The first-order chi connectivity index (χ1) is 10.8. The van der Waals surface area contributed by atoms with Crippen LogP contribution < -0.4 is 0 Å². The number of hydrogen-bond acceptors (Lipinski definition) is 6. The molecule has 2 unspecified atom stereocenters. The van der Waals surface area contributed by atoms with Gasteiger partial charge in [-0.1, -0.05) is 6.92 Å². The number of likely N-dealkylation sites (tertiary alicyclic amines) is 1. The number of amides is 1. The Labute approximate surface area is 137 Å². The zero-order chi connectivity index (χ0) is 17.5. The number of ether oxygens (including phenoxy) is 3. The molecule has 0 aromatic rings. The molecule has 7 heteroatoms. The summed E-state index contributed by atoms with van der Waals surface area (Å²) in [6.45, 7) is 8.09. The van der Waals surface area contributed by atoms with E-state index in [0.29, 0.717) is 19.4 Å². The summed E-state index contributed by atoms with van der Waals surface area (Å²) < 4.78 is 15.4. The van der Waals surface area contributed by atoms with Crippen LogP contribution in [-0.2, 0) is 23.8 Å². The molecule has 0 bridgehead atoms. The predicted molar refractivity (Wildman–Crippen MR) is 82.8 cm³/mol. The third-order valence-electron chi connectivity index (χ3n) is 3.48. The van der Waals surface area contributed by atoms with Crippen LogP contribution in [0, 0.1) is 0 Å². The Bertz CT molecular complexity index is 417. The third kappa shape index (κ3) is 6.88. The molecule has 1 saturated heterocycles. The summed E-state index contributed by atoms with van der Waals surface area (Å²) in [4.78, 5) is 35.8. The molecule has 0 aliphatic carbocycles. The van der Waals surface area contributed by atoms with E-state index in [0.717, 1.165) is 12.8 Å². The molecule has 0 radical (unpaired) electrons. The SMILES string of the molecule is CCC(=O)OC(COC=O)CC1CCCN1C(=O)OC(C)(C)C. The minimum absolute atomic E-state index is 0.00605. The van der Waals surface area contributed by atoms with Crippen molar-refractivity contribution < 1.29 is 28.6 Å². The van der Waals surface area contributed by atoms with Gasteiger partial charge < -0.3 is 19.1 Å². The van der Waals surface area contributed by atoms with E-state index in [1.807, 2.05) is 20.8 Å². The molecule has 1 amide bonds. The lowest BCUT2D eigenvalue weighted by molar-refractivity contribution is -0.155. The molecule has 7 nitrogen and oxygen atoms in total. The van der Waals surface area contributed by atoms with Crippen molar-refractivity contribution in [3.05, 3.63) is 0 Å². The van der Waals surface area contributed by atoms with Crippen LogP contribution in [0.1, 0.15) is 53.4 Å². The molecule has 1 aliphatic heterocycles. The van der Waals surface area contributed by atoms with Crippen LogP contribution in [0.4, 0.5) is 4.79 Å². The van der Waals surface area contributed by atoms with E-state index in [9.17, 15) is 14.4 Å². The second kappa shape index (κ2) is 8.74. The van der Waals surface area contributed by atoms with E-state index >= 15 is 0 Å². The van der Waals surface area contributed by atoms with Crippen molar-refractivity contribution in [3.8, 4) is 0 Å². The first-order valence-electron chi connectivity index (χ1n) is 8.01. The van der Waals surface area contributed by atoms with Crippen molar-refractivity contribution in [2.24, 2.45) is 0 Å². The van der Waals surface area contributed by atoms with E-state index in [2.05, 4.69) is 0 Å². The maximum atomic E-state index is 12.3. The maximum absolute atomic E-state index is 12.3. The van der Waals surface area contributed by atoms with Crippen LogP contribution in [0.3, 0.4) is 0 Å². The lowest BCUT2D eigenvalue weighted by Gasteiger charge is -2.30. The van der Waals surface area contributed by atoms with E-state index in [-0.39, 0.29) is 31.1 Å². The van der Waals surface area contributed by atoms with Gasteiger partial charge in [0, 0.05) is 25.4 Å². The highest BCUT2D eigenvalue weighted by Crippen LogP contribution is 2.25. The highest BCUT2D eigenvalue weighted by atomic mass is 16.6. The van der Waals surface area contributed by atoms with Crippen LogP contribution >= 0.6 is 0 Å². The van der Waals surface area contributed by atoms with Crippen molar-refractivity contribution in [2.45, 2.75) is 71.1 Å². The van der Waals surface area contributed by atoms with Crippen molar-refractivity contribution in [2.75, 3.05) is 13.2 Å². The number of esters is 1. The van der Waals surface area contributed by atoms with E-state index in [1.165, 1.54) is 0 Å². The lowest BCUT2D eigenvalue weighted by Crippen LogP contribution is -2.42. The fraction of sp³-hybridized carbons (Fsp3) is 0.812. The molecule has 0 spiro atoms. The molecule has 0 aromatic heterocycles. The third-order valence-corrected chi connectivity index (χ3v) is 3.48. The van der Waals surface area contributed by atoms with Crippen LogP contribution in [0.15, 0.2) is 0 Å². The molecule has 0 saturated carbocycles. The van der Waals surface area contributed by atoms with E-state index < -0.39 is 11.7 Å². The van der Waals surface area contributed by atoms with E-state index in [4.69, 9.17) is 14.2 Å². The van der Waals surface area contributed by atoms with Crippen molar-refractivity contribution in [1.29, 1.82) is 0 Å². The quantitative estimate of drug-likeness (QED) is 0.405. The minimum Gasteiger partial charge on any atom is -0.464 e. The summed E-state index contributed by atoms with van der Waals surface area (Å²) in [5.41, 5.74) is -0.557. The highest BCUT2D eigenvalue weighted by molar-refractivity contribution is 5.69. The predicted octanol–water partition coefficient (Wildman–Crippen LogP) is 2.27. The van der Waals surface area contributed by atoms with Gasteiger partial charge in [0.1, 0.15) is 18.3 Å². The lowest BCUT2D eigenvalue weighted by atomic mass is 10.1. The molecule has 1 aliphatic rings. The molecule has 0 aromatic carbocycles. The van der Waals surface area contributed by atoms with Gasteiger partial charge in [-0.2, -0.15) is 0 Å². The summed E-state index contributed by atoms with van der Waals surface area (Å²) in [6.07, 6.45) is 1.43. The van der Waals surface area contributed by atoms with Crippen molar-refractivity contribution >= 4 is 18.5 Å². The fourth-order valence-electron chi connectivity index (χ4n) is 2.51. The van der Waals surface area contributed by atoms with Crippen LogP contribution in [0.25, 0.3) is 0 Å². The number of rotatable bonds is 7. The molecule has 1 heterocycles. The molecular formula is C16H27NO6. The maximum Gasteiger partial charge on any atom is 0.410 e. The van der Waals surface area contributed by atoms with Crippen molar-refractivity contribution in [3.63, 3.8) is 0 Å². The van der Waals surface area contributed by atoms with E-state index in [1.54, 1.807) is 11.8 Å². The summed E-state index contributed by atoms with van der Waals surface area (Å²) >= 11 is 0. The molecule has 1 rings (SSSR count). The Balaban J connectivity index is 2.66. The molecular weight excluding hydrogens is 302 g/mol. The molecule has 0 N–H and O–H groups in total. The van der Waals surface area contributed by atoms with Gasteiger partial charge in [-0.3, -0.25) is 9.59 Å². The summed E-state index contributed by atoms with van der Waals surface area (Å²) in [6, 6.07) is -0.0882. The van der Waals surface area contributed by atoms with Gasteiger partial charge >= 0.3 is 12.1 Å². The summed E-state index contributed by atoms with van der Waals surface area (Å²) in [5, 5.41) is 0. The van der Waals surface area contributed by atoms with Crippen LogP contribution in [0.5, 0.6) is 0 Å². The standard InChI is InChI=1S/C16H27NO6/c1-5-14(19)22-13(10-21-11-18)9-12-7-6-8-17(12)15(20)23-16(2,3)4/h11-13H,5-10H2,1-4H3. The average molecular weight is 329 g/mol. The zero-order valence-electron chi connectivity index (χ0n) is 14.4. The molecule has 132 valence electrons. The van der Waals surface area contributed by atoms with Crippen molar-refractivity contribution in [1.82, 2.24) is 4.90 Å². The number of nitrogens with zero attached hydrogens (tertiary/aromatic N) is 1. The largest absolute Gasteiger partial charge is 0.464 e. The van der Waals surface area contributed by atoms with Gasteiger partial charge in [0.15, 0.2) is 0 Å². The normalized spacial score (nSPS) is 19.1. The fourth-order valence-corrected chi connectivity index (χ4v) is 2.51. The summed E-state index contributed by atoms with van der Waals surface area (Å²) in [7, 11) is 0. The molecule has 1 fully saturated rings. The topological polar surface area (TPSA) is 82.1 Å². The van der Waals surface area contributed by atoms with Gasteiger partial charge in [0.2, 0.25) is 0 Å². The van der Waals surface area contributed by atoms with Gasteiger partial charge in [-0.15, -0.1) is 0 Å². The van der Waals surface area contributed by atoms with Gasteiger partial charge in [-0.05, 0) is 33.6 Å².